The van der Waals surface area contributed by atoms with Crippen LogP contribution in [0.25, 0.3) is 0 Å². The standard InChI is InChI=1S/C20H36N2O2/c1-15-9-3-5-11-17(15)21-19(23)13-7-8-14-20(24)22-18-12-6-4-10-16(18)2/h15-18H,3-14H2,1-2H3,(H,21,23)(H,22,24)/t15-,16+,17-,18-/m1/s1. The second-order valence-electron chi connectivity index (χ2n) is 8.08. The molecule has 4 atom stereocenters. The van der Waals surface area contributed by atoms with Crippen LogP contribution in [0.5, 0.6) is 0 Å². The number of hydrogen-bond acceptors (Lipinski definition) is 2. The molecule has 0 aromatic heterocycles. The van der Waals surface area contributed by atoms with Gasteiger partial charge >= 0.3 is 0 Å². The molecular formula is C20H36N2O2. The van der Waals surface area contributed by atoms with E-state index in [0.717, 1.165) is 25.7 Å². The molecule has 0 bridgehead atoms. The number of nitrogens with one attached hydrogen (secondary N) is 2. The summed E-state index contributed by atoms with van der Waals surface area (Å²) in [4.78, 5) is 24.1. The minimum atomic E-state index is 0.162. The fraction of sp³-hybridized carbons (Fsp3) is 0.900. The van der Waals surface area contributed by atoms with Gasteiger partial charge in [-0.05, 0) is 50.4 Å². The third-order valence-electron chi connectivity index (χ3n) is 5.97. The van der Waals surface area contributed by atoms with Crippen molar-refractivity contribution in [3.63, 3.8) is 0 Å². The Hall–Kier alpha value is -1.06. The maximum absolute atomic E-state index is 12.0. The lowest BCUT2D eigenvalue weighted by molar-refractivity contribution is -0.124. The lowest BCUT2D eigenvalue weighted by atomic mass is 9.86. The molecule has 4 heteroatoms. The normalized spacial score (nSPS) is 30.6. The first kappa shape index (κ1) is 19.3. The minimum absolute atomic E-state index is 0.162. The van der Waals surface area contributed by atoms with Gasteiger partial charge in [-0.1, -0.05) is 39.5 Å². The zero-order chi connectivity index (χ0) is 17.4. The average Bonchev–Trinajstić information content (AvgIpc) is 2.56. The van der Waals surface area contributed by atoms with Crippen LogP contribution in [0.2, 0.25) is 0 Å². The summed E-state index contributed by atoms with van der Waals surface area (Å²) in [5.74, 6) is 1.53. The highest BCUT2D eigenvalue weighted by Gasteiger charge is 2.23. The summed E-state index contributed by atoms with van der Waals surface area (Å²) in [6.07, 6.45) is 12.5. The molecule has 0 spiro atoms. The Balaban J connectivity index is 1.55. The highest BCUT2D eigenvalue weighted by atomic mass is 16.2. The number of amides is 2. The fourth-order valence-corrected chi connectivity index (χ4v) is 4.19. The molecule has 0 radical (unpaired) electrons. The van der Waals surface area contributed by atoms with E-state index in [1.807, 2.05) is 0 Å². The molecule has 0 saturated heterocycles. The van der Waals surface area contributed by atoms with Crippen LogP contribution in [0, 0.1) is 11.8 Å². The van der Waals surface area contributed by atoms with E-state index in [2.05, 4.69) is 24.5 Å². The van der Waals surface area contributed by atoms with Crippen LogP contribution in [-0.2, 0) is 9.59 Å². The van der Waals surface area contributed by atoms with E-state index < -0.39 is 0 Å². The lowest BCUT2D eigenvalue weighted by Gasteiger charge is -2.29. The first-order chi connectivity index (χ1) is 11.6. The second-order valence-corrected chi connectivity index (χ2v) is 8.08. The third-order valence-corrected chi connectivity index (χ3v) is 5.97. The summed E-state index contributed by atoms with van der Waals surface area (Å²) >= 11 is 0. The van der Waals surface area contributed by atoms with E-state index in [1.165, 1.54) is 38.5 Å². The summed E-state index contributed by atoms with van der Waals surface area (Å²) in [5.41, 5.74) is 0. The molecule has 0 aromatic rings. The molecular weight excluding hydrogens is 300 g/mol. The van der Waals surface area contributed by atoms with Gasteiger partial charge in [0.2, 0.25) is 11.8 Å². The molecule has 24 heavy (non-hydrogen) atoms. The number of unbranched alkanes of at least 4 members (excludes halogenated alkanes) is 1. The number of carbonyl (C=O) groups excluding carboxylic acids is 2. The first-order valence-electron chi connectivity index (χ1n) is 10.1. The predicted octanol–water partition coefficient (Wildman–Crippen LogP) is 3.94. The topological polar surface area (TPSA) is 58.2 Å². The van der Waals surface area contributed by atoms with Gasteiger partial charge in [0.1, 0.15) is 0 Å². The lowest BCUT2D eigenvalue weighted by Crippen LogP contribution is -2.41. The van der Waals surface area contributed by atoms with Gasteiger partial charge in [-0.15, -0.1) is 0 Å². The van der Waals surface area contributed by atoms with E-state index in [1.54, 1.807) is 0 Å². The van der Waals surface area contributed by atoms with Crippen molar-refractivity contribution >= 4 is 11.8 Å². The molecule has 0 heterocycles. The van der Waals surface area contributed by atoms with Crippen LogP contribution in [0.4, 0.5) is 0 Å². The molecule has 4 nitrogen and oxygen atoms in total. The van der Waals surface area contributed by atoms with E-state index in [9.17, 15) is 9.59 Å². The monoisotopic (exact) mass is 336 g/mol. The van der Waals surface area contributed by atoms with Gasteiger partial charge in [-0.2, -0.15) is 0 Å². The highest BCUT2D eigenvalue weighted by molar-refractivity contribution is 5.77. The van der Waals surface area contributed by atoms with Crippen LogP contribution in [-0.4, -0.2) is 23.9 Å². The van der Waals surface area contributed by atoms with Gasteiger partial charge in [-0.25, -0.2) is 0 Å². The molecule has 2 saturated carbocycles. The SMILES string of the molecule is C[C@@H]1CCCC[C@H]1NC(=O)CCCCC(=O)N[C@@H]1CCCC[C@@H]1C. The molecule has 2 aliphatic rings. The molecule has 138 valence electrons. The fourth-order valence-electron chi connectivity index (χ4n) is 4.19. The van der Waals surface area contributed by atoms with Gasteiger partial charge in [0, 0.05) is 24.9 Å². The maximum Gasteiger partial charge on any atom is 0.220 e. The van der Waals surface area contributed by atoms with Gasteiger partial charge < -0.3 is 10.6 Å². The molecule has 2 N–H and O–H groups in total. The Morgan fingerprint density at radius 2 is 1.08 bits per heavy atom. The molecule has 2 rings (SSSR count). The maximum atomic E-state index is 12.0. The van der Waals surface area contributed by atoms with Crippen molar-refractivity contribution in [2.45, 2.75) is 103 Å². The predicted molar refractivity (Wildman–Crippen MR) is 97.6 cm³/mol. The Labute approximate surface area is 147 Å². The average molecular weight is 337 g/mol. The van der Waals surface area contributed by atoms with Crippen molar-refractivity contribution < 1.29 is 9.59 Å². The summed E-state index contributed by atoms with van der Waals surface area (Å²) < 4.78 is 0. The molecule has 2 aliphatic carbocycles. The minimum Gasteiger partial charge on any atom is -0.353 e. The van der Waals surface area contributed by atoms with Gasteiger partial charge in [0.05, 0.1) is 0 Å². The van der Waals surface area contributed by atoms with Crippen molar-refractivity contribution in [2.75, 3.05) is 0 Å². The van der Waals surface area contributed by atoms with Gasteiger partial charge in [0.25, 0.3) is 0 Å². The van der Waals surface area contributed by atoms with Crippen LogP contribution < -0.4 is 10.6 Å². The molecule has 0 aromatic carbocycles. The Kier molecular flexibility index (Phi) is 8.07. The zero-order valence-corrected chi connectivity index (χ0v) is 15.6. The first-order valence-corrected chi connectivity index (χ1v) is 10.1. The third kappa shape index (κ3) is 6.45. The van der Waals surface area contributed by atoms with Crippen molar-refractivity contribution in [3.8, 4) is 0 Å². The smallest absolute Gasteiger partial charge is 0.220 e. The largest absolute Gasteiger partial charge is 0.353 e. The quantitative estimate of drug-likeness (QED) is 0.692. The van der Waals surface area contributed by atoms with Crippen LogP contribution >= 0.6 is 0 Å². The number of carbonyl (C=O) groups is 2. The highest BCUT2D eigenvalue weighted by Crippen LogP contribution is 2.24. The summed E-state index contributed by atoms with van der Waals surface area (Å²) in [6.45, 7) is 4.47. The van der Waals surface area contributed by atoms with Crippen molar-refractivity contribution in [3.05, 3.63) is 0 Å². The zero-order valence-electron chi connectivity index (χ0n) is 15.6. The summed E-state index contributed by atoms with van der Waals surface area (Å²) in [6, 6.07) is 0.727. The van der Waals surface area contributed by atoms with E-state index >= 15 is 0 Å². The van der Waals surface area contributed by atoms with E-state index in [-0.39, 0.29) is 11.8 Å². The second kappa shape index (κ2) is 10.0. The Morgan fingerprint density at radius 3 is 1.46 bits per heavy atom. The van der Waals surface area contributed by atoms with E-state index in [0.29, 0.717) is 36.8 Å². The molecule has 0 unspecified atom stereocenters. The number of hydrogen-bond donors (Lipinski definition) is 2. The van der Waals surface area contributed by atoms with Crippen molar-refractivity contribution in [1.29, 1.82) is 0 Å². The van der Waals surface area contributed by atoms with Gasteiger partial charge in [0.15, 0.2) is 0 Å². The number of rotatable bonds is 7. The molecule has 2 amide bonds. The Bertz CT molecular complexity index is 372. The Morgan fingerprint density at radius 1 is 0.708 bits per heavy atom. The summed E-state index contributed by atoms with van der Waals surface area (Å²) in [7, 11) is 0. The van der Waals surface area contributed by atoms with E-state index in [4.69, 9.17) is 0 Å². The van der Waals surface area contributed by atoms with Crippen molar-refractivity contribution in [1.82, 2.24) is 10.6 Å². The van der Waals surface area contributed by atoms with Gasteiger partial charge in [-0.3, -0.25) is 9.59 Å². The van der Waals surface area contributed by atoms with Crippen LogP contribution in [0.3, 0.4) is 0 Å². The summed E-state index contributed by atoms with van der Waals surface area (Å²) in [5, 5.41) is 6.38. The van der Waals surface area contributed by atoms with Crippen LogP contribution in [0.1, 0.15) is 90.9 Å². The van der Waals surface area contributed by atoms with Crippen molar-refractivity contribution in [2.24, 2.45) is 11.8 Å². The van der Waals surface area contributed by atoms with Crippen LogP contribution in [0.15, 0.2) is 0 Å². The molecule has 0 aliphatic heterocycles. The molecule has 2 fully saturated rings.